The SMILES string of the molecule is Cc1cn(-c2cc(Cl)cc(Cl)c2)[nH]c1=O. The number of H-pyrrole nitrogens is 1. The van der Waals surface area contributed by atoms with Crippen molar-refractivity contribution in [1.82, 2.24) is 9.78 Å². The summed E-state index contributed by atoms with van der Waals surface area (Å²) in [6, 6.07) is 5.09. The zero-order chi connectivity index (χ0) is 11.0. The van der Waals surface area contributed by atoms with Crippen LogP contribution >= 0.6 is 23.2 Å². The molecular weight excluding hydrogens is 235 g/mol. The highest BCUT2D eigenvalue weighted by Crippen LogP contribution is 2.20. The fraction of sp³-hybridized carbons (Fsp3) is 0.100. The maximum absolute atomic E-state index is 11.2. The molecule has 0 amide bonds. The summed E-state index contributed by atoms with van der Waals surface area (Å²) >= 11 is 11.7. The molecule has 3 nitrogen and oxygen atoms in total. The molecule has 0 radical (unpaired) electrons. The van der Waals surface area contributed by atoms with Gasteiger partial charge < -0.3 is 0 Å². The first-order valence-electron chi connectivity index (χ1n) is 4.31. The molecule has 0 fully saturated rings. The first-order chi connectivity index (χ1) is 7.06. The minimum atomic E-state index is -0.119. The normalized spacial score (nSPS) is 10.6. The fourth-order valence-electron chi connectivity index (χ4n) is 1.30. The Balaban J connectivity index is 2.58. The first-order valence-corrected chi connectivity index (χ1v) is 5.06. The Morgan fingerprint density at radius 3 is 2.27 bits per heavy atom. The molecule has 15 heavy (non-hydrogen) atoms. The molecule has 2 aromatic rings. The second-order valence-electron chi connectivity index (χ2n) is 3.25. The van der Waals surface area contributed by atoms with Gasteiger partial charge in [0, 0.05) is 21.8 Å². The summed E-state index contributed by atoms with van der Waals surface area (Å²) in [5, 5.41) is 3.72. The quantitative estimate of drug-likeness (QED) is 0.821. The zero-order valence-corrected chi connectivity index (χ0v) is 9.43. The van der Waals surface area contributed by atoms with Gasteiger partial charge in [-0.25, -0.2) is 0 Å². The van der Waals surface area contributed by atoms with Gasteiger partial charge in [0.05, 0.1) is 5.69 Å². The Morgan fingerprint density at radius 1 is 1.20 bits per heavy atom. The molecule has 2 rings (SSSR count). The number of nitrogens with zero attached hydrogens (tertiary/aromatic N) is 1. The molecule has 1 N–H and O–H groups in total. The highest BCUT2D eigenvalue weighted by molar-refractivity contribution is 6.34. The molecule has 1 heterocycles. The van der Waals surface area contributed by atoms with E-state index in [1.807, 2.05) is 0 Å². The van der Waals surface area contributed by atoms with Gasteiger partial charge in [-0.3, -0.25) is 14.6 Å². The van der Waals surface area contributed by atoms with Crippen LogP contribution in [0, 0.1) is 6.92 Å². The lowest BCUT2D eigenvalue weighted by atomic mass is 10.3. The predicted molar refractivity (Wildman–Crippen MR) is 61.1 cm³/mol. The maximum atomic E-state index is 11.2. The van der Waals surface area contributed by atoms with E-state index in [1.54, 1.807) is 36.0 Å². The summed E-state index contributed by atoms with van der Waals surface area (Å²) in [6.07, 6.45) is 1.70. The van der Waals surface area contributed by atoms with Crippen molar-refractivity contribution in [3.63, 3.8) is 0 Å². The Morgan fingerprint density at radius 2 is 1.80 bits per heavy atom. The van der Waals surface area contributed by atoms with Crippen molar-refractivity contribution in [3.05, 3.63) is 50.4 Å². The van der Waals surface area contributed by atoms with Crippen LogP contribution in [-0.2, 0) is 0 Å². The number of benzene rings is 1. The van der Waals surface area contributed by atoms with Gasteiger partial charge in [0.25, 0.3) is 5.56 Å². The molecule has 78 valence electrons. The summed E-state index contributed by atoms with van der Waals surface area (Å²) in [4.78, 5) is 11.2. The highest BCUT2D eigenvalue weighted by Gasteiger charge is 2.03. The lowest BCUT2D eigenvalue weighted by Crippen LogP contribution is -2.04. The van der Waals surface area contributed by atoms with Gasteiger partial charge in [0.2, 0.25) is 0 Å². The summed E-state index contributed by atoms with van der Waals surface area (Å²) < 4.78 is 1.59. The van der Waals surface area contributed by atoms with Crippen molar-refractivity contribution in [2.24, 2.45) is 0 Å². The van der Waals surface area contributed by atoms with Crippen molar-refractivity contribution in [2.45, 2.75) is 6.92 Å². The van der Waals surface area contributed by atoms with Crippen LogP contribution in [0.15, 0.2) is 29.2 Å². The van der Waals surface area contributed by atoms with E-state index >= 15 is 0 Å². The number of nitrogens with one attached hydrogen (secondary N) is 1. The second-order valence-corrected chi connectivity index (χ2v) is 4.12. The molecule has 0 saturated heterocycles. The van der Waals surface area contributed by atoms with E-state index in [2.05, 4.69) is 5.10 Å². The van der Waals surface area contributed by atoms with Gasteiger partial charge in [0.15, 0.2) is 0 Å². The molecule has 0 atom stereocenters. The summed E-state index contributed by atoms with van der Waals surface area (Å²) in [5.41, 5.74) is 1.26. The molecule has 1 aromatic heterocycles. The van der Waals surface area contributed by atoms with Crippen LogP contribution < -0.4 is 5.56 Å². The third-order valence-electron chi connectivity index (χ3n) is 2.03. The number of aromatic nitrogens is 2. The van der Waals surface area contributed by atoms with Gasteiger partial charge in [-0.2, -0.15) is 0 Å². The number of aromatic amines is 1. The van der Waals surface area contributed by atoms with Crippen LogP contribution in [0.5, 0.6) is 0 Å². The zero-order valence-electron chi connectivity index (χ0n) is 7.92. The van der Waals surface area contributed by atoms with Gasteiger partial charge >= 0.3 is 0 Å². The van der Waals surface area contributed by atoms with Crippen molar-refractivity contribution >= 4 is 23.2 Å². The molecule has 1 aromatic carbocycles. The lowest BCUT2D eigenvalue weighted by Gasteiger charge is -2.03. The van der Waals surface area contributed by atoms with E-state index in [-0.39, 0.29) is 5.56 Å². The summed E-state index contributed by atoms with van der Waals surface area (Å²) in [5.74, 6) is 0. The Kier molecular flexibility index (Phi) is 2.59. The Hall–Kier alpha value is -1.19. The first kappa shape index (κ1) is 10.3. The van der Waals surface area contributed by atoms with Crippen LogP contribution in [0.4, 0.5) is 0 Å². The topological polar surface area (TPSA) is 37.8 Å². The van der Waals surface area contributed by atoms with Crippen LogP contribution in [0.3, 0.4) is 0 Å². The molecule has 0 aliphatic heterocycles. The van der Waals surface area contributed by atoms with E-state index in [9.17, 15) is 4.79 Å². The molecular formula is C10H8Cl2N2O. The molecule has 0 saturated carbocycles. The van der Waals surface area contributed by atoms with E-state index in [1.165, 1.54) is 0 Å². The molecule has 0 unspecified atom stereocenters. The predicted octanol–water partition coefficient (Wildman–Crippen LogP) is 2.78. The van der Waals surface area contributed by atoms with Crippen LogP contribution in [0.2, 0.25) is 10.0 Å². The van der Waals surface area contributed by atoms with E-state index in [0.29, 0.717) is 15.6 Å². The number of aryl methyl sites for hydroxylation is 1. The molecule has 0 aliphatic rings. The number of rotatable bonds is 1. The Labute approximate surface area is 96.2 Å². The second kappa shape index (κ2) is 3.76. The van der Waals surface area contributed by atoms with E-state index in [0.717, 1.165) is 5.69 Å². The number of hydrogen-bond donors (Lipinski definition) is 1. The van der Waals surface area contributed by atoms with Crippen molar-refractivity contribution < 1.29 is 0 Å². The van der Waals surface area contributed by atoms with Crippen LogP contribution in [0.1, 0.15) is 5.56 Å². The van der Waals surface area contributed by atoms with Gasteiger partial charge in [-0.1, -0.05) is 23.2 Å². The van der Waals surface area contributed by atoms with Crippen LogP contribution in [-0.4, -0.2) is 9.78 Å². The largest absolute Gasteiger partial charge is 0.268 e. The maximum Gasteiger partial charge on any atom is 0.267 e. The summed E-state index contributed by atoms with van der Waals surface area (Å²) in [7, 11) is 0. The van der Waals surface area contributed by atoms with Gasteiger partial charge in [0.1, 0.15) is 0 Å². The third kappa shape index (κ3) is 2.08. The van der Waals surface area contributed by atoms with Crippen molar-refractivity contribution in [2.75, 3.05) is 0 Å². The van der Waals surface area contributed by atoms with Gasteiger partial charge in [-0.05, 0) is 25.1 Å². The van der Waals surface area contributed by atoms with Crippen molar-refractivity contribution in [1.29, 1.82) is 0 Å². The minimum absolute atomic E-state index is 0.119. The molecule has 0 aliphatic carbocycles. The lowest BCUT2D eigenvalue weighted by molar-refractivity contribution is 0.864. The fourth-order valence-corrected chi connectivity index (χ4v) is 1.81. The highest BCUT2D eigenvalue weighted by atomic mass is 35.5. The average Bonchev–Trinajstić information content (AvgIpc) is 2.45. The summed E-state index contributed by atoms with van der Waals surface area (Å²) in [6.45, 7) is 1.74. The van der Waals surface area contributed by atoms with Crippen LogP contribution in [0.25, 0.3) is 5.69 Å². The molecule has 5 heteroatoms. The number of halogens is 2. The molecule has 0 bridgehead atoms. The van der Waals surface area contributed by atoms with Crippen molar-refractivity contribution in [3.8, 4) is 5.69 Å². The number of hydrogen-bond acceptors (Lipinski definition) is 1. The standard InChI is InChI=1S/C10H8Cl2N2O/c1-6-5-14(13-10(6)15)9-3-7(11)2-8(12)4-9/h2-5H,1H3,(H,13,15). The third-order valence-corrected chi connectivity index (χ3v) is 2.46. The smallest absolute Gasteiger partial charge is 0.267 e. The van der Waals surface area contributed by atoms with E-state index in [4.69, 9.17) is 23.2 Å². The minimum Gasteiger partial charge on any atom is -0.268 e. The average molecular weight is 243 g/mol. The van der Waals surface area contributed by atoms with E-state index < -0.39 is 0 Å². The van der Waals surface area contributed by atoms with Gasteiger partial charge in [-0.15, -0.1) is 0 Å². The Bertz CT molecular complexity index is 537. The molecule has 0 spiro atoms. The monoisotopic (exact) mass is 242 g/mol.